The summed E-state index contributed by atoms with van der Waals surface area (Å²) < 4.78 is 0. The van der Waals surface area contributed by atoms with Crippen molar-refractivity contribution in [2.45, 2.75) is 52.9 Å². The van der Waals surface area contributed by atoms with Gasteiger partial charge in [0.05, 0.1) is 0 Å². The van der Waals surface area contributed by atoms with Crippen molar-refractivity contribution in [2.75, 3.05) is 19.6 Å². The van der Waals surface area contributed by atoms with Crippen LogP contribution in [0.15, 0.2) is 0 Å². The molecule has 0 saturated carbocycles. The number of carbonyl (C=O) groups excluding carboxylic acids is 1. The maximum Gasteiger partial charge on any atom is 0.233 e. The molecule has 3 N–H and O–H groups in total. The first kappa shape index (κ1) is 15.4. The number of carbonyl (C=O) groups is 1. The number of rotatable bonds is 6. The number of nitrogens with zero attached hydrogens (tertiary/aromatic N) is 1. The van der Waals surface area contributed by atoms with Gasteiger partial charge in [0.25, 0.3) is 0 Å². The number of amides is 1. The molecule has 0 spiro atoms. The average Bonchev–Trinajstić information content (AvgIpc) is 2.76. The Balaban J connectivity index is 2.06. The van der Waals surface area contributed by atoms with Crippen molar-refractivity contribution in [3.63, 3.8) is 0 Å². The van der Waals surface area contributed by atoms with Gasteiger partial charge in [-0.3, -0.25) is 10.2 Å². The molecule has 1 aliphatic heterocycles. The molecule has 0 bridgehead atoms. The van der Waals surface area contributed by atoms with Crippen molar-refractivity contribution in [3.8, 4) is 0 Å². The highest BCUT2D eigenvalue weighted by molar-refractivity contribution is 5.74. The van der Waals surface area contributed by atoms with Crippen LogP contribution < -0.4 is 11.3 Å². The van der Waals surface area contributed by atoms with Crippen LogP contribution in [0.1, 0.15) is 52.9 Å². The molecule has 106 valence electrons. The van der Waals surface area contributed by atoms with Crippen LogP contribution >= 0.6 is 0 Å². The van der Waals surface area contributed by atoms with E-state index in [1.807, 2.05) is 0 Å². The molecular weight excluding hydrogens is 226 g/mol. The van der Waals surface area contributed by atoms with E-state index in [2.05, 4.69) is 31.1 Å². The van der Waals surface area contributed by atoms with E-state index in [1.54, 1.807) is 0 Å². The van der Waals surface area contributed by atoms with Crippen LogP contribution in [0.2, 0.25) is 0 Å². The monoisotopic (exact) mass is 255 g/mol. The van der Waals surface area contributed by atoms with Crippen LogP contribution in [0.3, 0.4) is 0 Å². The lowest BCUT2D eigenvalue weighted by molar-refractivity contribution is -0.121. The Morgan fingerprint density at radius 1 is 1.33 bits per heavy atom. The van der Waals surface area contributed by atoms with Crippen molar-refractivity contribution in [2.24, 2.45) is 17.2 Å². The molecule has 1 saturated heterocycles. The topological polar surface area (TPSA) is 58.4 Å². The van der Waals surface area contributed by atoms with E-state index in [0.29, 0.717) is 11.8 Å². The SMILES string of the molecule is CC(C)(C)C1CCN(CCCCCC(=O)NN)C1. The summed E-state index contributed by atoms with van der Waals surface area (Å²) in [7, 11) is 0. The van der Waals surface area contributed by atoms with Gasteiger partial charge in [-0.15, -0.1) is 0 Å². The first-order chi connectivity index (χ1) is 8.43. The van der Waals surface area contributed by atoms with Gasteiger partial charge in [-0.2, -0.15) is 0 Å². The van der Waals surface area contributed by atoms with Crippen molar-refractivity contribution >= 4 is 5.91 Å². The van der Waals surface area contributed by atoms with Gasteiger partial charge in [-0.25, -0.2) is 5.84 Å². The van der Waals surface area contributed by atoms with Gasteiger partial charge in [-0.05, 0) is 43.7 Å². The molecular formula is C14H29N3O. The first-order valence-electron chi connectivity index (χ1n) is 7.15. The molecule has 1 unspecified atom stereocenters. The summed E-state index contributed by atoms with van der Waals surface area (Å²) in [5.74, 6) is 5.82. The Kier molecular flexibility index (Phi) is 6.09. The number of likely N-dealkylation sites (tertiary alicyclic amines) is 1. The molecule has 0 aromatic carbocycles. The maximum absolute atomic E-state index is 10.9. The van der Waals surface area contributed by atoms with E-state index < -0.39 is 0 Å². The smallest absolute Gasteiger partial charge is 0.233 e. The van der Waals surface area contributed by atoms with Crippen molar-refractivity contribution in [3.05, 3.63) is 0 Å². The fraction of sp³-hybridized carbons (Fsp3) is 0.929. The molecule has 1 rings (SSSR count). The van der Waals surface area contributed by atoms with E-state index in [1.165, 1.54) is 32.5 Å². The minimum Gasteiger partial charge on any atom is -0.303 e. The lowest BCUT2D eigenvalue weighted by Crippen LogP contribution is -2.29. The molecule has 1 fully saturated rings. The summed E-state index contributed by atoms with van der Waals surface area (Å²) in [6.07, 6.45) is 5.14. The largest absolute Gasteiger partial charge is 0.303 e. The minimum absolute atomic E-state index is 0.0519. The zero-order valence-electron chi connectivity index (χ0n) is 12.2. The molecule has 1 amide bonds. The van der Waals surface area contributed by atoms with Gasteiger partial charge in [0.1, 0.15) is 0 Å². The summed E-state index contributed by atoms with van der Waals surface area (Å²) in [5.41, 5.74) is 2.61. The van der Waals surface area contributed by atoms with E-state index in [-0.39, 0.29) is 5.91 Å². The van der Waals surface area contributed by atoms with Gasteiger partial charge in [0, 0.05) is 13.0 Å². The van der Waals surface area contributed by atoms with Gasteiger partial charge in [-0.1, -0.05) is 27.2 Å². The number of hydrogen-bond acceptors (Lipinski definition) is 3. The highest BCUT2D eigenvalue weighted by Gasteiger charge is 2.31. The molecule has 0 aromatic heterocycles. The van der Waals surface area contributed by atoms with Crippen LogP contribution in [-0.4, -0.2) is 30.4 Å². The molecule has 1 atom stereocenters. The molecule has 0 aromatic rings. The summed E-state index contributed by atoms with van der Waals surface area (Å²) in [5, 5.41) is 0. The maximum atomic E-state index is 10.9. The molecule has 0 aliphatic carbocycles. The second kappa shape index (κ2) is 7.10. The third kappa shape index (κ3) is 5.36. The number of hydrazine groups is 1. The Morgan fingerprint density at radius 2 is 2.06 bits per heavy atom. The predicted molar refractivity (Wildman–Crippen MR) is 74.8 cm³/mol. The van der Waals surface area contributed by atoms with Crippen LogP contribution in [0.5, 0.6) is 0 Å². The Hall–Kier alpha value is -0.610. The van der Waals surface area contributed by atoms with Gasteiger partial charge >= 0.3 is 0 Å². The van der Waals surface area contributed by atoms with Crippen LogP contribution in [0.4, 0.5) is 0 Å². The normalized spacial score (nSPS) is 21.2. The number of nitrogens with one attached hydrogen (secondary N) is 1. The molecule has 0 radical (unpaired) electrons. The number of hydrogen-bond donors (Lipinski definition) is 2. The van der Waals surface area contributed by atoms with Crippen molar-refractivity contribution in [1.29, 1.82) is 0 Å². The van der Waals surface area contributed by atoms with Gasteiger partial charge < -0.3 is 4.90 Å². The third-order valence-electron chi connectivity index (χ3n) is 4.04. The summed E-state index contributed by atoms with van der Waals surface area (Å²) in [6, 6.07) is 0. The average molecular weight is 255 g/mol. The van der Waals surface area contributed by atoms with E-state index in [4.69, 9.17) is 5.84 Å². The van der Waals surface area contributed by atoms with Crippen LogP contribution in [0, 0.1) is 11.3 Å². The Morgan fingerprint density at radius 3 is 2.61 bits per heavy atom. The third-order valence-corrected chi connectivity index (χ3v) is 4.04. The van der Waals surface area contributed by atoms with E-state index in [0.717, 1.165) is 18.8 Å². The zero-order chi connectivity index (χ0) is 13.6. The quantitative estimate of drug-likeness (QED) is 0.330. The Bertz CT molecular complexity index is 260. The van der Waals surface area contributed by atoms with Gasteiger partial charge in [0.2, 0.25) is 5.91 Å². The van der Waals surface area contributed by atoms with Gasteiger partial charge in [0.15, 0.2) is 0 Å². The summed E-state index contributed by atoms with van der Waals surface area (Å²) >= 11 is 0. The van der Waals surface area contributed by atoms with E-state index in [9.17, 15) is 4.79 Å². The highest BCUT2D eigenvalue weighted by Crippen LogP contribution is 2.33. The zero-order valence-corrected chi connectivity index (χ0v) is 12.2. The number of unbranched alkanes of at least 4 members (excludes halogenated alkanes) is 2. The molecule has 18 heavy (non-hydrogen) atoms. The second-order valence-corrected chi connectivity index (χ2v) is 6.53. The molecule has 1 heterocycles. The fourth-order valence-corrected chi connectivity index (χ4v) is 2.61. The number of nitrogens with two attached hydrogens (primary N) is 1. The predicted octanol–water partition coefficient (Wildman–Crippen LogP) is 1.90. The van der Waals surface area contributed by atoms with Crippen molar-refractivity contribution in [1.82, 2.24) is 10.3 Å². The standard InChI is InChI=1S/C14H29N3O/c1-14(2,3)12-8-10-17(11-12)9-6-4-5-7-13(18)16-15/h12H,4-11,15H2,1-3H3,(H,16,18). The van der Waals surface area contributed by atoms with Crippen molar-refractivity contribution < 1.29 is 4.79 Å². The summed E-state index contributed by atoms with van der Waals surface area (Å²) in [4.78, 5) is 13.5. The highest BCUT2D eigenvalue weighted by atomic mass is 16.2. The van der Waals surface area contributed by atoms with Crippen LogP contribution in [0.25, 0.3) is 0 Å². The van der Waals surface area contributed by atoms with E-state index >= 15 is 0 Å². The second-order valence-electron chi connectivity index (χ2n) is 6.53. The summed E-state index contributed by atoms with van der Waals surface area (Å²) in [6.45, 7) is 10.7. The molecule has 1 aliphatic rings. The molecule has 4 heteroatoms. The lowest BCUT2D eigenvalue weighted by atomic mass is 9.80. The Labute approximate surface area is 111 Å². The van der Waals surface area contributed by atoms with Crippen LogP contribution in [-0.2, 0) is 4.79 Å². The molecule has 4 nitrogen and oxygen atoms in total. The minimum atomic E-state index is -0.0519. The lowest BCUT2D eigenvalue weighted by Gasteiger charge is -2.27. The fourth-order valence-electron chi connectivity index (χ4n) is 2.61. The first-order valence-corrected chi connectivity index (χ1v) is 7.15.